The van der Waals surface area contributed by atoms with Gasteiger partial charge in [-0.1, -0.05) is 12.0 Å². The zero-order chi connectivity index (χ0) is 24.4. The number of fused-ring (bicyclic) bond motifs is 4. The van der Waals surface area contributed by atoms with E-state index in [1.807, 2.05) is 0 Å². The minimum Gasteiger partial charge on any atom is -0.508 e. The number of phenolic OH excluding ortho intramolecular Hbond substituents is 1. The van der Waals surface area contributed by atoms with Gasteiger partial charge in [0.25, 0.3) is 5.56 Å². The number of halogens is 2. The summed E-state index contributed by atoms with van der Waals surface area (Å²) < 4.78 is 32.0. The fourth-order valence-corrected chi connectivity index (χ4v) is 5.59. The molecular formula is C27H22F2N4O2. The first kappa shape index (κ1) is 21.6. The monoisotopic (exact) mass is 472 g/mol. The number of terminal acetylenes is 1. The van der Waals surface area contributed by atoms with Gasteiger partial charge in [0.2, 0.25) is 0 Å². The minimum atomic E-state index is -0.735. The van der Waals surface area contributed by atoms with Crippen LogP contribution in [0.1, 0.15) is 18.4 Å². The van der Waals surface area contributed by atoms with Crippen molar-refractivity contribution in [3.05, 3.63) is 64.1 Å². The van der Waals surface area contributed by atoms with Crippen molar-refractivity contribution in [2.24, 2.45) is 7.05 Å². The maximum absolute atomic E-state index is 16.2. The number of aryl methyl sites for hydroxylation is 1. The Bertz CT molecular complexity index is 1630. The summed E-state index contributed by atoms with van der Waals surface area (Å²) in [6.07, 6.45) is 9.26. The van der Waals surface area contributed by atoms with Gasteiger partial charge in [0.15, 0.2) is 5.82 Å². The van der Waals surface area contributed by atoms with Gasteiger partial charge in [0.05, 0.1) is 16.8 Å². The highest BCUT2D eigenvalue weighted by atomic mass is 19.1. The highest BCUT2D eigenvalue weighted by molar-refractivity contribution is 6.03. The van der Waals surface area contributed by atoms with Gasteiger partial charge in [-0.15, -0.1) is 6.42 Å². The molecule has 0 radical (unpaired) electrons. The molecule has 0 saturated carbocycles. The number of nitrogens with zero attached hydrogens (tertiary/aromatic N) is 3. The molecule has 2 fully saturated rings. The van der Waals surface area contributed by atoms with Gasteiger partial charge < -0.3 is 19.9 Å². The van der Waals surface area contributed by atoms with Crippen LogP contribution >= 0.6 is 0 Å². The molecule has 2 N–H and O–H groups in total. The molecule has 4 aromatic rings. The van der Waals surface area contributed by atoms with E-state index in [9.17, 15) is 14.3 Å². The van der Waals surface area contributed by atoms with Gasteiger partial charge in [-0.25, -0.2) is 8.78 Å². The average Bonchev–Trinajstić information content (AvgIpc) is 3.18. The van der Waals surface area contributed by atoms with Gasteiger partial charge in [-0.2, -0.15) is 0 Å². The lowest BCUT2D eigenvalue weighted by molar-refractivity contribution is 0.466. The van der Waals surface area contributed by atoms with Crippen LogP contribution in [0.4, 0.5) is 14.5 Å². The van der Waals surface area contributed by atoms with Gasteiger partial charge in [0.1, 0.15) is 17.3 Å². The van der Waals surface area contributed by atoms with Crippen molar-refractivity contribution in [2.45, 2.75) is 24.9 Å². The van der Waals surface area contributed by atoms with E-state index in [2.05, 4.69) is 21.1 Å². The van der Waals surface area contributed by atoms with E-state index in [1.54, 1.807) is 0 Å². The van der Waals surface area contributed by atoms with Crippen molar-refractivity contribution >= 4 is 27.4 Å². The van der Waals surface area contributed by atoms with Crippen molar-refractivity contribution in [1.82, 2.24) is 14.9 Å². The summed E-state index contributed by atoms with van der Waals surface area (Å²) in [5, 5.41) is 15.1. The van der Waals surface area contributed by atoms with Gasteiger partial charge in [-0.05, 0) is 36.4 Å². The van der Waals surface area contributed by atoms with Crippen LogP contribution in [0.3, 0.4) is 0 Å². The number of benzene rings is 2. The van der Waals surface area contributed by atoms with E-state index in [4.69, 9.17) is 6.42 Å². The molecule has 2 aromatic heterocycles. The predicted octanol–water partition coefficient (Wildman–Crippen LogP) is 3.66. The lowest BCUT2D eigenvalue weighted by atomic mass is 9.95. The van der Waals surface area contributed by atoms with Crippen molar-refractivity contribution in [3.63, 3.8) is 0 Å². The van der Waals surface area contributed by atoms with E-state index in [0.717, 1.165) is 25.9 Å². The number of aromatic hydroxyl groups is 1. The zero-order valence-corrected chi connectivity index (χ0v) is 19.0. The number of aromatic nitrogens is 2. The molecule has 0 aliphatic carbocycles. The Labute approximate surface area is 199 Å². The number of phenols is 1. The van der Waals surface area contributed by atoms with Crippen LogP contribution in [0, 0.1) is 24.0 Å². The van der Waals surface area contributed by atoms with Crippen LogP contribution < -0.4 is 15.8 Å². The van der Waals surface area contributed by atoms with Crippen molar-refractivity contribution in [3.8, 4) is 29.4 Å². The molecule has 2 atom stereocenters. The van der Waals surface area contributed by atoms with Crippen LogP contribution in [0.25, 0.3) is 32.9 Å². The summed E-state index contributed by atoms with van der Waals surface area (Å²) in [6.45, 7) is 1.45. The van der Waals surface area contributed by atoms with Gasteiger partial charge in [-0.3, -0.25) is 9.78 Å². The summed E-state index contributed by atoms with van der Waals surface area (Å²) in [5.41, 5.74) is 0.398. The smallest absolute Gasteiger partial charge is 0.252 e. The lowest BCUT2D eigenvalue weighted by Crippen LogP contribution is -2.51. The van der Waals surface area contributed by atoms with E-state index in [1.165, 1.54) is 48.1 Å². The Morgan fingerprint density at radius 3 is 2.63 bits per heavy atom. The molecule has 2 aliphatic rings. The first-order chi connectivity index (χ1) is 16.9. The number of piperazine rings is 1. The average molecular weight is 472 g/mol. The maximum Gasteiger partial charge on any atom is 0.252 e. The molecule has 2 unspecified atom stereocenters. The molecule has 2 aromatic carbocycles. The molecule has 4 heterocycles. The quantitative estimate of drug-likeness (QED) is 0.436. The zero-order valence-electron chi connectivity index (χ0n) is 19.0. The summed E-state index contributed by atoms with van der Waals surface area (Å²) >= 11 is 0. The molecule has 2 saturated heterocycles. The predicted molar refractivity (Wildman–Crippen MR) is 132 cm³/mol. The normalized spacial score (nSPS) is 19.4. The fourth-order valence-electron chi connectivity index (χ4n) is 5.59. The number of hydrogen-bond donors (Lipinski definition) is 2. The number of pyridine rings is 2. The van der Waals surface area contributed by atoms with Crippen molar-refractivity contribution < 1.29 is 13.9 Å². The standard InChI is InChI=1S/C27H22F2N4O2/c1-3-18-21(28)7-4-14-8-17(34)9-19(24(14)18)26-25(29)27-20(11-30-26)22(10-23(35)32(27)2)33-12-15-5-6-16(13-33)31-15/h1,4,7-11,15-16,31,34H,5-6,12-13H2,2H3. The molecule has 2 bridgehead atoms. The molecule has 6 nitrogen and oxygen atoms in total. The topological polar surface area (TPSA) is 70.4 Å². The van der Waals surface area contributed by atoms with Gasteiger partial charge >= 0.3 is 0 Å². The van der Waals surface area contributed by atoms with Crippen LogP contribution in [0.5, 0.6) is 5.75 Å². The Morgan fingerprint density at radius 1 is 1.17 bits per heavy atom. The largest absolute Gasteiger partial charge is 0.508 e. The maximum atomic E-state index is 16.2. The van der Waals surface area contributed by atoms with E-state index < -0.39 is 11.6 Å². The van der Waals surface area contributed by atoms with Crippen molar-refractivity contribution in [1.29, 1.82) is 0 Å². The summed E-state index contributed by atoms with van der Waals surface area (Å²) in [5.74, 6) is 0.836. The molecule has 35 heavy (non-hydrogen) atoms. The molecule has 6 rings (SSSR count). The highest BCUT2D eigenvalue weighted by Crippen LogP contribution is 2.39. The third-order valence-corrected chi connectivity index (χ3v) is 7.20. The molecule has 0 spiro atoms. The number of nitrogens with one attached hydrogen (secondary N) is 1. The Morgan fingerprint density at radius 2 is 1.91 bits per heavy atom. The molecule has 0 amide bonds. The lowest BCUT2D eigenvalue weighted by Gasteiger charge is -2.35. The number of hydrogen-bond acceptors (Lipinski definition) is 5. The number of rotatable bonds is 2. The SMILES string of the molecule is C#Cc1c(F)ccc2cc(O)cc(-c3ncc4c(N5CC6CCC(C5)N6)cc(=O)n(C)c4c3F)c12. The van der Waals surface area contributed by atoms with E-state index in [-0.39, 0.29) is 39.0 Å². The van der Waals surface area contributed by atoms with Crippen LogP contribution in [0.15, 0.2) is 41.3 Å². The summed E-state index contributed by atoms with van der Waals surface area (Å²) in [7, 11) is 1.51. The molecule has 8 heteroatoms. The number of anilines is 1. The highest BCUT2D eigenvalue weighted by Gasteiger charge is 2.33. The van der Waals surface area contributed by atoms with Crippen LogP contribution in [-0.2, 0) is 7.05 Å². The Kier molecular flexibility index (Phi) is 4.80. The van der Waals surface area contributed by atoms with Gasteiger partial charge in [0, 0.05) is 60.8 Å². The van der Waals surface area contributed by atoms with Crippen LogP contribution in [0.2, 0.25) is 0 Å². The first-order valence-corrected chi connectivity index (χ1v) is 11.5. The minimum absolute atomic E-state index is 0.0438. The summed E-state index contributed by atoms with van der Waals surface area (Å²) in [6, 6.07) is 7.63. The fraction of sp³-hybridized carbons (Fsp3) is 0.259. The Balaban J connectivity index is 1.63. The van der Waals surface area contributed by atoms with E-state index in [0.29, 0.717) is 28.5 Å². The second kappa shape index (κ2) is 7.79. The second-order valence-corrected chi connectivity index (χ2v) is 9.31. The Hall–Kier alpha value is -3.96. The molecule has 176 valence electrons. The molecule has 2 aliphatic heterocycles. The van der Waals surface area contributed by atoms with Crippen LogP contribution in [-0.4, -0.2) is 39.8 Å². The third-order valence-electron chi connectivity index (χ3n) is 7.20. The summed E-state index contributed by atoms with van der Waals surface area (Å²) in [4.78, 5) is 19.4. The first-order valence-electron chi connectivity index (χ1n) is 11.5. The van der Waals surface area contributed by atoms with E-state index >= 15 is 4.39 Å². The molecular weight excluding hydrogens is 450 g/mol. The third kappa shape index (κ3) is 3.27. The second-order valence-electron chi connectivity index (χ2n) is 9.31. The van der Waals surface area contributed by atoms with Crippen molar-refractivity contribution in [2.75, 3.05) is 18.0 Å².